The molecule has 0 aliphatic heterocycles. The zero-order chi connectivity index (χ0) is 15.1. The number of nitrogens with zero attached hydrogens (tertiary/aromatic N) is 2. The number of hydrogen-bond donors (Lipinski definition) is 2. The molecule has 1 atom stereocenters. The van der Waals surface area contributed by atoms with E-state index >= 15 is 0 Å². The minimum atomic E-state index is -0.632. The van der Waals surface area contributed by atoms with Crippen molar-refractivity contribution < 1.29 is 9.84 Å². The maximum absolute atomic E-state index is 10.2. The third-order valence-electron chi connectivity index (χ3n) is 2.98. The summed E-state index contributed by atoms with van der Waals surface area (Å²) in [7, 11) is 0. The summed E-state index contributed by atoms with van der Waals surface area (Å²) < 4.78 is 5.34. The minimum absolute atomic E-state index is 0.000536. The fourth-order valence-corrected chi connectivity index (χ4v) is 1.98. The van der Waals surface area contributed by atoms with Gasteiger partial charge in [0.2, 0.25) is 0 Å². The Morgan fingerprint density at radius 2 is 2.19 bits per heavy atom. The molecule has 2 N–H and O–H groups in total. The number of ether oxygens (including phenoxy) is 1. The molecule has 2 rings (SSSR count). The molecule has 0 aliphatic carbocycles. The van der Waals surface area contributed by atoms with Crippen molar-refractivity contribution in [2.24, 2.45) is 0 Å². The molecular weight excluding hydrogens is 266 g/mol. The molecule has 0 fully saturated rings. The molecule has 5 heteroatoms. The predicted octanol–water partition coefficient (Wildman–Crippen LogP) is 2.54. The molecular formula is C16H17N3O2. The molecule has 1 aromatic carbocycles. The third kappa shape index (κ3) is 3.71. The van der Waals surface area contributed by atoms with Gasteiger partial charge < -0.3 is 9.84 Å². The van der Waals surface area contributed by atoms with E-state index in [0.717, 1.165) is 5.69 Å². The van der Waals surface area contributed by atoms with Crippen LogP contribution in [0.3, 0.4) is 0 Å². The molecule has 5 nitrogen and oxygen atoms in total. The van der Waals surface area contributed by atoms with Gasteiger partial charge in [-0.15, -0.1) is 0 Å². The van der Waals surface area contributed by atoms with Crippen molar-refractivity contribution in [3.63, 3.8) is 0 Å². The molecule has 1 aromatic heterocycles. The second-order valence-electron chi connectivity index (χ2n) is 4.39. The Morgan fingerprint density at radius 3 is 2.86 bits per heavy atom. The summed E-state index contributed by atoms with van der Waals surface area (Å²) >= 11 is 0. The largest absolute Gasteiger partial charge is 0.504 e. The van der Waals surface area contributed by atoms with E-state index in [1.54, 1.807) is 24.4 Å². The predicted molar refractivity (Wildman–Crippen MR) is 78.7 cm³/mol. The summed E-state index contributed by atoms with van der Waals surface area (Å²) in [6.45, 7) is 2.74. The van der Waals surface area contributed by atoms with Crippen LogP contribution in [0, 0.1) is 11.3 Å². The highest BCUT2D eigenvalue weighted by Gasteiger charge is 2.17. The van der Waals surface area contributed by atoms with Crippen LogP contribution in [0.25, 0.3) is 0 Å². The van der Waals surface area contributed by atoms with Gasteiger partial charge in [-0.2, -0.15) is 5.26 Å². The van der Waals surface area contributed by atoms with Crippen LogP contribution in [0.4, 0.5) is 0 Å². The Labute approximate surface area is 123 Å². The first-order chi connectivity index (χ1) is 10.3. The van der Waals surface area contributed by atoms with Crippen LogP contribution in [-0.2, 0) is 6.54 Å². The Bertz CT molecular complexity index is 623. The number of pyridine rings is 1. The molecule has 0 spiro atoms. The summed E-state index contributed by atoms with van der Waals surface area (Å²) in [5, 5.41) is 22.6. The van der Waals surface area contributed by atoms with Crippen molar-refractivity contribution in [2.45, 2.75) is 19.5 Å². The van der Waals surface area contributed by atoms with Crippen LogP contribution in [0.5, 0.6) is 11.5 Å². The highest BCUT2D eigenvalue weighted by Crippen LogP contribution is 2.33. The Balaban J connectivity index is 2.14. The molecule has 108 valence electrons. The highest BCUT2D eigenvalue weighted by molar-refractivity contribution is 5.48. The summed E-state index contributed by atoms with van der Waals surface area (Å²) in [5.41, 5.74) is 1.33. The van der Waals surface area contributed by atoms with Crippen molar-refractivity contribution in [3.8, 4) is 17.6 Å². The van der Waals surface area contributed by atoms with E-state index in [0.29, 0.717) is 24.5 Å². The third-order valence-corrected chi connectivity index (χ3v) is 2.98. The summed E-state index contributed by atoms with van der Waals surface area (Å²) in [5.74, 6) is 0.384. The Kier molecular flexibility index (Phi) is 5.13. The van der Waals surface area contributed by atoms with E-state index in [9.17, 15) is 10.4 Å². The van der Waals surface area contributed by atoms with Crippen LogP contribution >= 0.6 is 0 Å². The van der Waals surface area contributed by atoms with Gasteiger partial charge in [0.15, 0.2) is 11.5 Å². The van der Waals surface area contributed by atoms with Crippen molar-refractivity contribution in [3.05, 3.63) is 53.9 Å². The molecule has 0 radical (unpaired) electrons. The minimum Gasteiger partial charge on any atom is -0.504 e. The number of phenolic OH excluding ortho intramolecular Hbond substituents is 1. The van der Waals surface area contributed by atoms with Gasteiger partial charge in [0.05, 0.1) is 18.4 Å². The molecule has 0 saturated carbocycles. The number of phenols is 1. The zero-order valence-electron chi connectivity index (χ0n) is 11.8. The Hall–Kier alpha value is -2.58. The average molecular weight is 283 g/mol. The van der Waals surface area contributed by atoms with Crippen LogP contribution in [0.1, 0.15) is 24.2 Å². The zero-order valence-corrected chi connectivity index (χ0v) is 11.8. The van der Waals surface area contributed by atoms with Gasteiger partial charge in [0.25, 0.3) is 0 Å². The molecule has 2 aromatic rings. The first-order valence-corrected chi connectivity index (χ1v) is 6.73. The second kappa shape index (κ2) is 7.27. The van der Waals surface area contributed by atoms with Crippen LogP contribution in [-0.4, -0.2) is 16.7 Å². The van der Waals surface area contributed by atoms with E-state index in [-0.39, 0.29) is 5.75 Å². The van der Waals surface area contributed by atoms with E-state index in [1.165, 1.54) is 0 Å². The van der Waals surface area contributed by atoms with Crippen molar-refractivity contribution in [2.75, 3.05) is 6.61 Å². The number of nitrogens with one attached hydrogen (secondary N) is 1. The molecule has 0 bridgehead atoms. The fraction of sp³-hybridized carbons (Fsp3) is 0.250. The van der Waals surface area contributed by atoms with Gasteiger partial charge in [-0.1, -0.05) is 18.2 Å². The van der Waals surface area contributed by atoms with Crippen LogP contribution in [0.2, 0.25) is 0 Å². The van der Waals surface area contributed by atoms with Gasteiger partial charge in [0, 0.05) is 18.3 Å². The van der Waals surface area contributed by atoms with E-state index in [1.807, 2.05) is 25.1 Å². The van der Waals surface area contributed by atoms with E-state index < -0.39 is 6.04 Å². The SMILES string of the molecule is CCOc1cccc(C(C#N)NCc2ccccn2)c1O. The fourth-order valence-electron chi connectivity index (χ4n) is 1.98. The topological polar surface area (TPSA) is 78.2 Å². The number of aromatic nitrogens is 1. The number of benzene rings is 1. The maximum Gasteiger partial charge on any atom is 0.163 e. The molecule has 1 unspecified atom stereocenters. The Morgan fingerprint density at radius 1 is 1.33 bits per heavy atom. The van der Waals surface area contributed by atoms with Crippen molar-refractivity contribution in [1.82, 2.24) is 10.3 Å². The van der Waals surface area contributed by atoms with E-state index in [2.05, 4.69) is 16.4 Å². The monoisotopic (exact) mass is 283 g/mol. The number of nitriles is 1. The lowest BCUT2D eigenvalue weighted by atomic mass is 10.1. The van der Waals surface area contributed by atoms with Gasteiger partial charge in [-0.25, -0.2) is 0 Å². The smallest absolute Gasteiger partial charge is 0.163 e. The second-order valence-corrected chi connectivity index (χ2v) is 4.39. The summed E-state index contributed by atoms with van der Waals surface area (Å²) in [6.07, 6.45) is 1.70. The van der Waals surface area contributed by atoms with Crippen molar-refractivity contribution >= 4 is 0 Å². The lowest BCUT2D eigenvalue weighted by molar-refractivity contribution is 0.315. The van der Waals surface area contributed by atoms with E-state index in [4.69, 9.17) is 4.74 Å². The lowest BCUT2D eigenvalue weighted by Gasteiger charge is -2.15. The number of para-hydroxylation sites is 1. The van der Waals surface area contributed by atoms with Gasteiger partial charge >= 0.3 is 0 Å². The van der Waals surface area contributed by atoms with Gasteiger partial charge in [-0.3, -0.25) is 10.3 Å². The first-order valence-electron chi connectivity index (χ1n) is 6.73. The molecule has 1 heterocycles. The lowest BCUT2D eigenvalue weighted by Crippen LogP contribution is -2.20. The standard InChI is InChI=1S/C16H17N3O2/c1-2-21-15-8-5-7-13(16(15)20)14(10-17)19-11-12-6-3-4-9-18-12/h3-9,14,19-20H,2,11H2,1H3. The van der Waals surface area contributed by atoms with Gasteiger partial charge in [-0.05, 0) is 25.1 Å². The molecule has 0 saturated heterocycles. The van der Waals surface area contributed by atoms with Gasteiger partial charge in [0.1, 0.15) is 6.04 Å². The number of aromatic hydroxyl groups is 1. The molecule has 0 aliphatic rings. The number of hydrogen-bond acceptors (Lipinski definition) is 5. The van der Waals surface area contributed by atoms with Crippen molar-refractivity contribution in [1.29, 1.82) is 5.26 Å². The molecule has 21 heavy (non-hydrogen) atoms. The first kappa shape index (κ1) is 14.8. The summed E-state index contributed by atoms with van der Waals surface area (Å²) in [4.78, 5) is 4.19. The van der Waals surface area contributed by atoms with Crippen LogP contribution < -0.4 is 10.1 Å². The number of rotatable bonds is 6. The maximum atomic E-state index is 10.2. The highest BCUT2D eigenvalue weighted by atomic mass is 16.5. The normalized spacial score (nSPS) is 11.6. The summed E-state index contributed by atoms with van der Waals surface area (Å²) in [6, 6.07) is 12.2. The molecule has 0 amide bonds. The average Bonchev–Trinajstić information content (AvgIpc) is 2.52. The van der Waals surface area contributed by atoms with Crippen LogP contribution in [0.15, 0.2) is 42.6 Å². The quantitative estimate of drug-likeness (QED) is 0.851.